The average Bonchev–Trinajstić information content (AvgIpc) is 3.50. The lowest BCUT2D eigenvalue weighted by Gasteiger charge is -2.26. The molecular weight excluding hydrogens is 1040 g/mol. The molecule has 0 aliphatic carbocycles. The molecule has 0 aliphatic heterocycles. The number of phosphoric acid groups is 1. The van der Waals surface area contributed by atoms with Crippen LogP contribution in [0.1, 0.15) is 303 Å². The van der Waals surface area contributed by atoms with Gasteiger partial charge in [0.25, 0.3) is 0 Å². The predicted molar refractivity (Wildman–Crippen MR) is 364 cm³/mol. The summed E-state index contributed by atoms with van der Waals surface area (Å²) in [5.41, 5.74) is 0. The van der Waals surface area contributed by atoms with Crippen LogP contribution in [-0.2, 0) is 18.4 Å². The van der Waals surface area contributed by atoms with Gasteiger partial charge in [-0.05, 0) is 77.0 Å². The average molecular weight is 1180 g/mol. The third-order valence-corrected chi connectivity index (χ3v) is 16.3. The van der Waals surface area contributed by atoms with Gasteiger partial charge in [0.2, 0.25) is 5.91 Å². The fourth-order valence-electron chi connectivity index (χ4n) is 9.93. The third kappa shape index (κ3) is 66.5. The molecule has 83 heavy (non-hydrogen) atoms. The quantitative estimate of drug-likeness (QED) is 0.0243. The number of allylic oxidation sites excluding steroid dienone is 18. The van der Waals surface area contributed by atoms with E-state index in [9.17, 15) is 19.4 Å². The van der Waals surface area contributed by atoms with Crippen LogP contribution in [0.15, 0.2) is 109 Å². The number of likely N-dealkylation sites (N-methyl/N-ethyl adjacent to an activating group) is 1. The van der Waals surface area contributed by atoms with Gasteiger partial charge in [-0.3, -0.25) is 13.8 Å². The molecule has 9 heteroatoms. The first kappa shape index (κ1) is 80.2. The van der Waals surface area contributed by atoms with Crippen LogP contribution in [0.25, 0.3) is 0 Å². The van der Waals surface area contributed by atoms with Gasteiger partial charge in [0, 0.05) is 6.42 Å². The molecule has 8 nitrogen and oxygen atoms in total. The zero-order valence-electron chi connectivity index (χ0n) is 54.9. The summed E-state index contributed by atoms with van der Waals surface area (Å²) >= 11 is 0. The maximum Gasteiger partial charge on any atom is 0.472 e. The number of nitrogens with zero attached hydrogens (tertiary/aromatic N) is 1. The minimum absolute atomic E-state index is 0.0582. The van der Waals surface area contributed by atoms with Gasteiger partial charge >= 0.3 is 7.82 Å². The summed E-state index contributed by atoms with van der Waals surface area (Å²) in [5.74, 6) is -0.202. The molecule has 0 aliphatic rings. The molecule has 0 saturated heterocycles. The molecule has 0 aromatic carbocycles. The zero-order valence-corrected chi connectivity index (χ0v) is 55.8. The Hall–Kier alpha value is -2.84. The largest absolute Gasteiger partial charge is 0.472 e. The fraction of sp³-hybridized carbons (Fsp3) is 0.743. The van der Waals surface area contributed by atoms with Crippen LogP contribution in [0.4, 0.5) is 0 Å². The fourth-order valence-corrected chi connectivity index (χ4v) is 10.7. The monoisotopic (exact) mass is 1180 g/mol. The number of hydrogen-bond acceptors (Lipinski definition) is 5. The molecule has 0 aromatic rings. The summed E-state index contributed by atoms with van der Waals surface area (Å²) in [6, 6.07) is -0.802. The summed E-state index contributed by atoms with van der Waals surface area (Å²) in [7, 11) is 1.57. The van der Waals surface area contributed by atoms with Crippen LogP contribution in [0.3, 0.4) is 0 Å². The van der Waals surface area contributed by atoms with Gasteiger partial charge in [-0.15, -0.1) is 0 Å². The number of nitrogens with one attached hydrogen (secondary N) is 1. The van der Waals surface area contributed by atoms with Gasteiger partial charge < -0.3 is 19.8 Å². The third-order valence-electron chi connectivity index (χ3n) is 15.3. The van der Waals surface area contributed by atoms with Crippen LogP contribution < -0.4 is 5.32 Å². The number of rotatable bonds is 63. The van der Waals surface area contributed by atoms with Gasteiger partial charge in [0.15, 0.2) is 0 Å². The summed E-state index contributed by atoms with van der Waals surface area (Å²) in [5, 5.41) is 14.1. The molecular formula is C74H134N2O6P+. The van der Waals surface area contributed by atoms with E-state index in [2.05, 4.69) is 129 Å². The number of amides is 1. The highest BCUT2D eigenvalue weighted by Crippen LogP contribution is 2.43. The molecule has 3 N–H and O–H groups in total. The molecule has 3 atom stereocenters. The molecule has 0 spiro atoms. The van der Waals surface area contributed by atoms with E-state index in [-0.39, 0.29) is 19.1 Å². The highest BCUT2D eigenvalue weighted by Gasteiger charge is 2.28. The Labute approximate surface area is 514 Å². The van der Waals surface area contributed by atoms with Crippen LogP contribution in [0.2, 0.25) is 0 Å². The van der Waals surface area contributed by atoms with Gasteiger partial charge in [-0.25, -0.2) is 4.57 Å². The van der Waals surface area contributed by atoms with Crippen molar-refractivity contribution in [3.8, 4) is 0 Å². The Morgan fingerprint density at radius 2 is 0.711 bits per heavy atom. The van der Waals surface area contributed by atoms with E-state index in [4.69, 9.17) is 9.05 Å². The molecule has 0 aromatic heterocycles. The molecule has 3 unspecified atom stereocenters. The summed E-state index contributed by atoms with van der Waals surface area (Å²) in [6.45, 7) is 4.75. The highest BCUT2D eigenvalue weighted by molar-refractivity contribution is 7.47. The van der Waals surface area contributed by atoms with E-state index in [1.54, 1.807) is 0 Å². The smallest absolute Gasteiger partial charge is 0.391 e. The van der Waals surface area contributed by atoms with Crippen molar-refractivity contribution in [2.45, 2.75) is 315 Å². The first-order valence-electron chi connectivity index (χ1n) is 34.8. The number of quaternary nitrogens is 1. The van der Waals surface area contributed by atoms with Crippen LogP contribution in [0.5, 0.6) is 0 Å². The second-order valence-corrected chi connectivity index (χ2v) is 26.0. The van der Waals surface area contributed by atoms with E-state index >= 15 is 0 Å². The van der Waals surface area contributed by atoms with E-state index in [0.717, 1.165) is 83.5 Å². The second kappa shape index (κ2) is 63.7. The number of hydrogen-bond donors (Lipinski definition) is 3. The molecule has 1 amide bonds. The second-order valence-electron chi connectivity index (χ2n) is 24.5. The maximum atomic E-state index is 13.0. The molecule has 0 rings (SSSR count). The van der Waals surface area contributed by atoms with Crippen molar-refractivity contribution < 1.29 is 32.9 Å². The lowest BCUT2D eigenvalue weighted by molar-refractivity contribution is -0.870. The molecule has 0 radical (unpaired) electrons. The first-order chi connectivity index (χ1) is 40.5. The maximum absolute atomic E-state index is 13.0. The number of phosphoric ester groups is 1. The first-order valence-corrected chi connectivity index (χ1v) is 36.2. The lowest BCUT2D eigenvalue weighted by Crippen LogP contribution is -2.46. The number of unbranched alkanes of at least 4 members (excludes halogenated alkanes) is 32. The van der Waals surface area contributed by atoms with Gasteiger partial charge in [0.1, 0.15) is 13.2 Å². The van der Waals surface area contributed by atoms with Gasteiger partial charge in [-0.2, -0.15) is 0 Å². The minimum Gasteiger partial charge on any atom is -0.391 e. The summed E-state index contributed by atoms with van der Waals surface area (Å²) in [6.07, 6.45) is 93.5. The zero-order chi connectivity index (χ0) is 60.5. The SMILES string of the molecule is CC/C=C\C/C=C\C/C=C\C/C=C\C/C=C\C/C=C\C/C=C\C/C=C\C/C=C\CCCC(=O)NC(COP(=O)(O)OCC[N+](C)(C)C)C(O)CCCCCCCCCCCCCCCCCCCCCCCCCCCCCCCCCC. The van der Waals surface area contributed by atoms with Crippen molar-refractivity contribution in [1.29, 1.82) is 0 Å². The Kier molecular flexibility index (Phi) is 61.5. The van der Waals surface area contributed by atoms with Crippen molar-refractivity contribution in [3.63, 3.8) is 0 Å². The molecule has 480 valence electrons. The number of carbonyl (C=O) groups excluding carboxylic acids is 1. The Morgan fingerprint density at radius 1 is 0.422 bits per heavy atom. The van der Waals surface area contributed by atoms with E-state index in [0.29, 0.717) is 30.3 Å². The van der Waals surface area contributed by atoms with Crippen LogP contribution >= 0.6 is 7.82 Å². The normalized spacial score (nSPS) is 14.3. The van der Waals surface area contributed by atoms with E-state index in [1.807, 2.05) is 21.1 Å². The molecule has 0 heterocycles. The number of carbonyl (C=O) groups is 1. The molecule has 0 fully saturated rings. The Morgan fingerprint density at radius 3 is 1.01 bits per heavy atom. The van der Waals surface area contributed by atoms with Crippen LogP contribution in [0, 0.1) is 0 Å². The molecule has 0 bridgehead atoms. The van der Waals surface area contributed by atoms with Gasteiger partial charge in [0.05, 0.1) is 39.9 Å². The summed E-state index contributed by atoms with van der Waals surface area (Å²) < 4.78 is 23.8. The number of aliphatic hydroxyl groups excluding tert-OH is 1. The minimum atomic E-state index is -4.36. The Balaban J connectivity index is 4.16. The van der Waals surface area contributed by atoms with Crippen molar-refractivity contribution in [3.05, 3.63) is 109 Å². The Bertz CT molecular complexity index is 1720. The summed E-state index contributed by atoms with van der Waals surface area (Å²) in [4.78, 5) is 23.4. The lowest BCUT2D eigenvalue weighted by atomic mass is 10.0. The number of aliphatic hydroxyl groups is 1. The van der Waals surface area contributed by atoms with Crippen molar-refractivity contribution >= 4 is 13.7 Å². The molecule has 0 saturated carbocycles. The van der Waals surface area contributed by atoms with Crippen molar-refractivity contribution in [1.82, 2.24) is 5.32 Å². The van der Waals surface area contributed by atoms with Gasteiger partial charge in [-0.1, -0.05) is 329 Å². The van der Waals surface area contributed by atoms with Crippen molar-refractivity contribution in [2.24, 2.45) is 0 Å². The predicted octanol–water partition coefficient (Wildman–Crippen LogP) is 22.3. The van der Waals surface area contributed by atoms with E-state index < -0.39 is 20.0 Å². The highest BCUT2D eigenvalue weighted by atomic mass is 31.2. The van der Waals surface area contributed by atoms with Crippen LogP contribution in [-0.4, -0.2) is 73.4 Å². The van der Waals surface area contributed by atoms with E-state index in [1.165, 1.54) is 186 Å². The standard InChI is InChI=1S/C74H133N2O6P/c1-6-8-10-12-14-16-18-20-22-24-26-28-30-32-34-36-37-38-40-41-43-45-47-49-51-53-55-57-59-61-63-65-67-73(77)72(71-82-83(79,80)81-70-69-76(3,4)5)75-74(78)68-66-64-62-60-58-56-54-52-50-48-46-44-42-39-35-33-31-29-27-25-23-21-19-17-15-13-11-9-7-2/h9,11,15,17,21,23,27,29,33,35,42,44,48,50,54,56,60,62,72-73,77H,6-8,10,12-14,16,18-20,22,24-26,28,30-32,34,36-41,43,45-47,49,51-53,55,57-59,61,63-71H2,1-5H3,(H-,75,78,79,80)/p+1/b11-9-,17-15-,23-21-,29-27-,35-33-,44-42-,50-48-,56-54-,62-60-. The van der Waals surface area contributed by atoms with Crippen molar-refractivity contribution in [2.75, 3.05) is 40.9 Å². The topological polar surface area (TPSA) is 105 Å².